The fraction of sp³-hybridized carbons (Fsp3) is 0.111. The van der Waals surface area contributed by atoms with Crippen molar-refractivity contribution in [3.05, 3.63) is 117 Å². The Hall–Kier alpha value is -4.72. The number of para-hydroxylation sites is 1. The van der Waals surface area contributed by atoms with E-state index in [1.165, 1.54) is 27.8 Å². The Labute approximate surface area is 201 Å². The van der Waals surface area contributed by atoms with Crippen LogP contribution in [0.3, 0.4) is 0 Å². The van der Waals surface area contributed by atoms with Gasteiger partial charge < -0.3 is 5.32 Å². The molecule has 5 rings (SSSR count). The van der Waals surface area contributed by atoms with Crippen LogP contribution in [-0.2, 0) is 13.6 Å². The predicted octanol–water partition coefficient (Wildman–Crippen LogP) is 3.53. The molecule has 0 saturated carbocycles. The zero-order valence-electron chi connectivity index (χ0n) is 19.2. The zero-order valence-corrected chi connectivity index (χ0v) is 19.2. The van der Waals surface area contributed by atoms with E-state index >= 15 is 0 Å². The molecule has 3 amide bonds. The SMILES string of the molecule is Cc1c(NC(=O)c2ccc3c(c2)C(=O)N(Cc2ccccc2)C3=O)c(=O)n(-c2ccccc2)n1C. The number of amides is 3. The summed E-state index contributed by atoms with van der Waals surface area (Å²) in [7, 11) is 1.74. The molecule has 4 aromatic rings. The fourth-order valence-electron chi connectivity index (χ4n) is 4.24. The molecule has 1 aliphatic heterocycles. The van der Waals surface area contributed by atoms with E-state index < -0.39 is 17.7 Å². The molecule has 0 atom stereocenters. The minimum absolute atomic E-state index is 0.148. The Balaban J connectivity index is 1.42. The highest BCUT2D eigenvalue weighted by atomic mass is 16.2. The van der Waals surface area contributed by atoms with Gasteiger partial charge in [0.25, 0.3) is 23.3 Å². The zero-order chi connectivity index (χ0) is 24.7. The van der Waals surface area contributed by atoms with Crippen LogP contribution in [0.4, 0.5) is 5.69 Å². The van der Waals surface area contributed by atoms with Crippen LogP contribution in [0.25, 0.3) is 5.69 Å². The Kier molecular flexibility index (Phi) is 5.41. The van der Waals surface area contributed by atoms with Crippen LogP contribution in [0.2, 0.25) is 0 Å². The summed E-state index contributed by atoms with van der Waals surface area (Å²) < 4.78 is 3.14. The van der Waals surface area contributed by atoms with Crippen molar-refractivity contribution in [3.8, 4) is 5.69 Å². The van der Waals surface area contributed by atoms with Gasteiger partial charge in [0.2, 0.25) is 0 Å². The van der Waals surface area contributed by atoms with Crippen LogP contribution in [-0.4, -0.2) is 32.0 Å². The third-order valence-electron chi connectivity index (χ3n) is 6.21. The van der Waals surface area contributed by atoms with Crippen molar-refractivity contribution in [1.82, 2.24) is 14.3 Å². The molecule has 0 unspecified atom stereocenters. The van der Waals surface area contributed by atoms with Crippen LogP contribution in [0.5, 0.6) is 0 Å². The number of fused-ring (bicyclic) bond motifs is 1. The third kappa shape index (κ3) is 3.74. The molecule has 1 N–H and O–H groups in total. The molecule has 0 radical (unpaired) electrons. The first-order valence-corrected chi connectivity index (χ1v) is 11.1. The van der Waals surface area contributed by atoms with Gasteiger partial charge in [0.05, 0.1) is 29.1 Å². The molecule has 0 fully saturated rings. The van der Waals surface area contributed by atoms with Crippen molar-refractivity contribution >= 4 is 23.4 Å². The highest BCUT2D eigenvalue weighted by molar-refractivity contribution is 6.22. The van der Waals surface area contributed by atoms with Crippen molar-refractivity contribution < 1.29 is 14.4 Å². The highest BCUT2D eigenvalue weighted by Gasteiger charge is 2.36. The van der Waals surface area contributed by atoms with Crippen molar-refractivity contribution in [3.63, 3.8) is 0 Å². The van der Waals surface area contributed by atoms with Crippen LogP contribution < -0.4 is 10.9 Å². The van der Waals surface area contributed by atoms with E-state index in [9.17, 15) is 19.2 Å². The topological polar surface area (TPSA) is 93.4 Å². The largest absolute Gasteiger partial charge is 0.316 e. The Morgan fingerprint density at radius 2 is 1.46 bits per heavy atom. The van der Waals surface area contributed by atoms with Gasteiger partial charge in [-0.1, -0.05) is 48.5 Å². The molecular formula is C27H22N4O4. The normalized spacial score (nSPS) is 12.7. The molecule has 35 heavy (non-hydrogen) atoms. The van der Waals surface area contributed by atoms with Gasteiger partial charge in [0.15, 0.2) is 0 Å². The number of anilines is 1. The number of rotatable bonds is 5. The van der Waals surface area contributed by atoms with Gasteiger partial charge in [-0.3, -0.25) is 28.8 Å². The highest BCUT2D eigenvalue weighted by Crippen LogP contribution is 2.26. The van der Waals surface area contributed by atoms with Gasteiger partial charge in [-0.25, -0.2) is 4.68 Å². The summed E-state index contributed by atoms with van der Waals surface area (Å²) in [4.78, 5) is 53.1. The molecular weight excluding hydrogens is 444 g/mol. The minimum Gasteiger partial charge on any atom is -0.316 e. The lowest BCUT2D eigenvalue weighted by molar-refractivity contribution is 0.0642. The van der Waals surface area contributed by atoms with E-state index in [-0.39, 0.29) is 34.5 Å². The van der Waals surface area contributed by atoms with Gasteiger partial charge in [0, 0.05) is 12.6 Å². The average Bonchev–Trinajstić information content (AvgIpc) is 3.24. The second kappa shape index (κ2) is 8.57. The predicted molar refractivity (Wildman–Crippen MR) is 131 cm³/mol. The van der Waals surface area contributed by atoms with Crippen LogP contribution in [0, 0.1) is 6.92 Å². The molecule has 2 heterocycles. The number of hydrogen-bond donors (Lipinski definition) is 1. The number of nitrogens with one attached hydrogen (secondary N) is 1. The minimum atomic E-state index is -0.541. The molecule has 0 saturated heterocycles. The number of nitrogens with zero attached hydrogens (tertiary/aromatic N) is 3. The number of aromatic nitrogens is 2. The summed E-state index contributed by atoms with van der Waals surface area (Å²) in [6.45, 7) is 1.89. The van der Waals surface area contributed by atoms with Gasteiger partial charge in [-0.15, -0.1) is 0 Å². The third-order valence-corrected chi connectivity index (χ3v) is 6.21. The molecule has 0 spiro atoms. The first-order valence-electron chi connectivity index (χ1n) is 11.1. The second-order valence-corrected chi connectivity index (χ2v) is 8.33. The molecule has 3 aromatic carbocycles. The van der Waals surface area contributed by atoms with Crippen LogP contribution >= 0.6 is 0 Å². The van der Waals surface area contributed by atoms with Crippen molar-refractivity contribution in [1.29, 1.82) is 0 Å². The summed E-state index contributed by atoms with van der Waals surface area (Å²) in [5.41, 5.74) is 2.46. The number of imide groups is 1. The van der Waals surface area contributed by atoms with E-state index in [2.05, 4.69) is 5.32 Å². The van der Waals surface area contributed by atoms with E-state index in [4.69, 9.17) is 0 Å². The maximum Gasteiger partial charge on any atom is 0.295 e. The Morgan fingerprint density at radius 1 is 0.829 bits per heavy atom. The van der Waals surface area contributed by atoms with Gasteiger partial charge in [0.1, 0.15) is 5.69 Å². The fourth-order valence-corrected chi connectivity index (χ4v) is 4.24. The molecule has 1 aliphatic rings. The number of benzene rings is 3. The standard InChI is InChI=1S/C27H22N4O4/c1-17-23(27(35)31(29(17)2)20-11-7-4-8-12-20)28-24(32)19-13-14-21-22(15-19)26(34)30(25(21)33)16-18-9-5-3-6-10-18/h3-15H,16H2,1-2H3,(H,28,32). The second-order valence-electron chi connectivity index (χ2n) is 8.33. The van der Waals surface area contributed by atoms with Gasteiger partial charge >= 0.3 is 0 Å². The lowest BCUT2D eigenvalue weighted by atomic mass is 10.1. The summed E-state index contributed by atoms with van der Waals surface area (Å²) in [6, 6.07) is 22.7. The van der Waals surface area contributed by atoms with Crippen LogP contribution in [0.1, 0.15) is 42.3 Å². The maximum absolute atomic E-state index is 13.1. The first kappa shape index (κ1) is 22.1. The lowest BCUT2D eigenvalue weighted by Crippen LogP contribution is -2.29. The Bertz CT molecular complexity index is 1530. The van der Waals surface area contributed by atoms with E-state index in [0.29, 0.717) is 11.4 Å². The molecule has 8 nitrogen and oxygen atoms in total. The van der Waals surface area contributed by atoms with Crippen molar-refractivity contribution in [2.75, 3.05) is 5.32 Å². The van der Waals surface area contributed by atoms with E-state index in [1.54, 1.807) is 30.8 Å². The Morgan fingerprint density at radius 3 is 2.14 bits per heavy atom. The van der Waals surface area contributed by atoms with Crippen LogP contribution in [0.15, 0.2) is 83.7 Å². The number of carbonyl (C=O) groups excluding carboxylic acids is 3. The average molecular weight is 466 g/mol. The quantitative estimate of drug-likeness (QED) is 0.456. The number of carbonyl (C=O) groups is 3. The van der Waals surface area contributed by atoms with Gasteiger partial charge in [-0.2, -0.15) is 0 Å². The molecule has 1 aromatic heterocycles. The smallest absolute Gasteiger partial charge is 0.295 e. The van der Waals surface area contributed by atoms with Gasteiger partial charge in [-0.05, 0) is 42.8 Å². The summed E-state index contributed by atoms with van der Waals surface area (Å²) in [6.07, 6.45) is 0. The molecule has 8 heteroatoms. The number of hydrogen-bond acceptors (Lipinski definition) is 4. The lowest BCUT2D eigenvalue weighted by Gasteiger charge is -2.13. The maximum atomic E-state index is 13.1. The first-order chi connectivity index (χ1) is 16.9. The molecule has 0 aliphatic carbocycles. The van der Waals surface area contributed by atoms with E-state index in [0.717, 1.165) is 5.56 Å². The summed E-state index contributed by atoms with van der Waals surface area (Å²) in [5.74, 6) is -1.39. The van der Waals surface area contributed by atoms with E-state index in [1.807, 2.05) is 48.5 Å². The molecule has 174 valence electrons. The summed E-state index contributed by atoms with van der Waals surface area (Å²) in [5, 5.41) is 2.69. The summed E-state index contributed by atoms with van der Waals surface area (Å²) >= 11 is 0. The monoisotopic (exact) mass is 466 g/mol. The van der Waals surface area contributed by atoms with Crippen molar-refractivity contribution in [2.45, 2.75) is 13.5 Å². The van der Waals surface area contributed by atoms with Crippen molar-refractivity contribution in [2.24, 2.45) is 7.05 Å². The molecule has 0 bridgehead atoms.